The van der Waals surface area contributed by atoms with Gasteiger partial charge in [-0.25, -0.2) is 8.42 Å². The van der Waals surface area contributed by atoms with E-state index in [2.05, 4.69) is 0 Å². The van der Waals surface area contributed by atoms with Crippen LogP contribution in [0.5, 0.6) is 11.5 Å². The van der Waals surface area contributed by atoms with E-state index in [1.807, 2.05) is 38.1 Å². The van der Waals surface area contributed by atoms with Crippen molar-refractivity contribution in [3.63, 3.8) is 0 Å². The van der Waals surface area contributed by atoms with Gasteiger partial charge in [0.15, 0.2) is 6.61 Å². The zero-order chi connectivity index (χ0) is 20.9. The molecule has 0 spiro atoms. The molecule has 0 bridgehead atoms. The van der Waals surface area contributed by atoms with Crippen LogP contribution in [0.4, 0.5) is 0 Å². The third-order valence-electron chi connectivity index (χ3n) is 4.81. The molecule has 0 aromatic heterocycles. The number of para-hydroxylation sites is 1. The molecule has 1 saturated heterocycles. The lowest BCUT2D eigenvalue weighted by Crippen LogP contribution is -2.51. The minimum atomic E-state index is -3.60. The number of rotatable bonds is 7. The van der Waals surface area contributed by atoms with Crippen LogP contribution in [0, 0.1) is 6.92 Å². The molecule has 29 heavy (non-hydrogen) atoms. The molecule has 0 atom stereocenters. The van der Waals surface area contributed by atoms with E-state index >= 15 is 0 Å². The molecule has 2 aromatic carbocycles. The average Bonchev–Trinajstić information content (AvgIpc) is 2.74. The Labute approximate surface area is 171 Å². The van der Waals surface area contributed by atoms with E-state index in [1.165, 1.54) is 4.31 Å². The molecule has 1 amide bonds. The second-order valence-corrected chi connectivity index (χ2v) is 8.68. The minimum absolute atomic E-state index is 0.0590. The van der Waals surface area contributed by atoms with Crippen LogP contribution in [0.25, 0.3) is 0 Å². The van der Waals surface area contributed by atoms with E-state index in [0.717, 1.165) is 5.56 Å². The third kappa shape index (κ3) is 5.07. The van der Waals surface area contributed by atoms with Gasteiger partial charge in [-0.15, -0.1) is 0 Å². The molecule has 8 heteroatoms. The molecule has 0 saturated carbocycles. The highest BCUT2D eigenvalue weighted by Gasteiger charge is 2.30. The molecule has 156 valence electrons. The number of carbonyl (C=O) groups excluding carboxylic acids is 1. The normalized spacial score (nSPS) is 15.2. The Balaban J connectivity index is 1.55. The van der Waals surface area contributed by atoms with E-state index in [1.54, 1.807) is 29.2 Å². The SMILES string of the molecule is CCOc1ccc(S(=O)(=O)N2CCN(C(=O)COc3ccccc3C)CC2)cc1. The van der Waals surface area contributed by atoms with Crippen molar-refractivity contribution < 1.29 is 22.7 Å². The summed E-state index contributed by atoms with van der Waals surface area (Å²) in [5.74, 6) is 1.17. The van der Waals surface area contributed by atoms with Crippen LogP contribution in [0.2, 0.25) is 0 Å². The molecule has 2 aromatic rings. The monoisotopic (exact) mass is 418 g/mol. The van der Waals surface area contributed by atoms with Crippen molar-refractivity contribution in [1.29, 1.82) is 0 Å². The van der Waals surface area contributed by atoms with Crippen LogP contribution in [0.15, 0.2) is 53.4 Å². The summed E-state index contributed by atoms with van der Waals surface area (Å²) in [4.78, 5) is 14.3. The molecule has 7 nitrogen and oxygen atoms in total. The van der Waals surface area contributed by atoms with Crippen LogP contribution < -0.4 is 9.47 Å². The molecule has 0 aliphatic carbocycles. The Morgan fingerprint density at radius 2 is 1.62 bits per heavy atom. The number of piperazine rings is 1. The summed E-state index contributed by atoms with van der Waals surface area (Å²) in [6, 6.07) is 13.9. The van der Waals surface area contributed by atoms with Gasteiger partial charge < -0.3 is 14.4 Å². The van der Waals surface area contributed by atoms with Crippen molar-refractivity contribution in [1.82, 2.24) is 9.21 Å². The van der Waals surface area contributed by atoms with Gasteiger partial charge in [-0.2, -0.15) is 4.31 Å². The molecule has 1 aliphatic heterocycles. The third-order valence-corrected chi connectivity index (χ3v) is 6.72. The van der Waals surface area contributed by atoms with Crippen LogP contribution >= 0.6 is 0 Å². The maximum Gasteiger partial charge on any atom is 0.260 e. The summed E-state index contributed by atoms with van der Waals surface area (Å²) in [5, 5.41) is 0. The van der Waals surface area contributed by atoms with Gasteiger partial charge in [0.1, 0.15) is 11.5 Å². The highest BCUT2D eigenvalue weighted by atomic mass is 32.2. The standard InChI is InChI=1S/C21H26N2O5S/c1-3-27-18-8-10-19(11-9-18)29(25,26)23-14-12-22(13-15-23)21(24)16-28-20-7-5-4-6-17(20)2/h4-11H,3,12-16H2,1-2H3. The predicted molar refractivity (Wildman–Crippen MR) is 110 cm³/mol. The number of amides is 1. The lowest BCUT2D eigenvalue weighted by molar-refractivity contribution is -0.134. The summed E-state index contributed by atoms with van der Waals surface area (Å²) < 4.78 is 38.1. The van der Waals surface area contributed by atoms with Crippen LogP contribution in [0.3, 0.4) is 0 Å². The smallest absolute Gasteiger partial charge is 0.260 e. The molecule has 0 unspecified atom stereocenters. The fourth-order valence-corrected chi connectivity index (χ4v) is 4.57. The quantitative estimate of drug-likeness (QED) is 0.690. The van der Waals surface area contributed by atoms with Gasteiger partial charge in [0, 0.05) is 26.2 Å². The van der Waals surface area contributed by atoms with Crippen molar-refractivity contribution >= 4 is 15.9 Å². The number of sulfonamides is 1. The van der Waals surface area contributed by atoms with E-state index in [-0.39, 0.29) is 30.5 Å². The lowest BCUT2D eigenvalue weighted by atomic mass is 10.2. The van der Waals surface area contributed by atoms with Gasteiger partial charge >= 0.3 is 0 Å². The Bertz CT molecular complexity index is 936. The summed E-state index contributed by atoms with van der Waals surface area (Å²) >= 11 is 0. The van der Waals surface area contributed by atoms with Crippen molar-refractivity contribution in [2.75, 3.05) is 39.4 Å². The number of benzene rings is 2. The predicted octanol–water partition coefficient (Wildman–Crippen LogP) is 2.31. The molecular weight excluding hydrogens is 392 g/mol. The van der Waals surface area contributed by atoms with Crippen LogP contribution in [-0.2, 0) is 14.8 Å². The molecule has 0 N–H and O–H groups in total. The number of carbonyl (C=O) groups is 1. The fourth-order valence-electron chi connectivity index (χ4n) is 3.15. The summed E-state index contributed by atoms with van der Waals surface area (Å²) in [7, 11) is -3.60. The zero-order valence-electron chi connectivity index (χ0n) is 16.7. The van der Waals surface area contributed by atoms with Gasteiger partial charge in [-0.3, -0.25) is 4.79 Å². The number of ether oxygens (including phenoxy) is 2. The van der Waals surface area contributed by atoms with Gasteiger partial charge in [0.05, 0.1) is 11.5 Å². The first-order valence-corrected chi connectivity index (χ1v) is 11.0. The first kappa shape index (κ1) is 21.1. The van der Waals surface area contributed by atoms with E-state index < -0.39 is 10.0 Å². The number of hydrogen-bond donors (Lipinski definition) is 0. The first-order valence-electron chi connectivity index (χ1n) is 9.61. The second-order valence-electron chi connectivity index (χ2n) is 6.74. The van der Waals surface area contributed by atoms with Crippen molar-refractivity contribution in [3.05, 3.63) is 54.1 Å². The Morgan fingerprint density at radius 1 is 0.966 bits per heavy atom. The topological polar surface area (TPSA) is 76.2 Å². The fraction of sp³-hybridized carbons (Fsp3) is 0.381. The van der Waals surface area contributed by atoms with Gasteiger partial charge in [0.25, 0.3) is 5.91 Å². The maximum absolute atomic E-state index is 12.8. The number of aryl methyl sites for hydroxylation is 1. The minimum Gasteiger partial charge on any atom is -0.494 e. The molecule has 1 fully saturated rings. The summed E-state index contributed by atoms with van der Waals surface area (Å²) in [6.07, 6.45) is 0. The molecule has 0 radical (unpaired) electrons. The maximum atomic E-state index is 12.8. The van der Waals surface area contributed by atoms with Gasteiger partial charge in [-0.05, 0) is 49.7 Å². The van der Waals surface area contributed by atoms with Crippen LogP contribution in [0.1, 0.15) is 12.5 Å². The first-order chi connectivity index (χ1) is 13.9. The zero-order valence-corrected chi connectivity index (χ0v) is 17.5. The Morgan fingerprint density at radius 3 is 2.24 bits per heavy atom. The molecule has 1 aliphatic rings. The second kappa shape index (κ2) is 9.28. The Kier molecular flexibility index (Phi) is 6.76. The largest absolute Gasteiger partial charge is 0.494 e. The highest BCUT2D eigenvalue weighted by Crippen LogP contribution is 2.21. The molecular formula is C21H26N2O5S. The number of hydrogen-bond acceptors (Lipinski definition) is 5. The lowest BCUT2D eigenvalue weighted by Gasteiger charge is -2.34. The Hall–Kier alpha value is -2.58. The molecule has 3 rings (SSSR count). The number of nitrogens with zero attached hydrogens (tertiary/aromatic N) is 2. The van der Waals surface area contributed by atoms with E-state index in [0.29, 0.717) is 31.2 Å². The average molecular weight is 419 g/mol. The summed E-state index contributed by atoms with van der Waals surface area (Å²) in [6.45, 7) is 5.45. The van der Waals surface area contributed by atoms with Crippen molar-refractivity contribution in [2.24, 2.45) is 0 Å². The van der Waals surface area contributed by atoms with Gasteiger partial charge in [0.2, 0.25) is 10.0 Å². The summed E-state index contributed by atoms with van der Waals surface area (Å²) in [5.41, 5.74) is 0.964. The van der Waals surface area contributed by atoms with Crippen LogP contribution in [-0.4, -0.2) is 62.9 Å². The highest BCUT2D eigenvalue weighted by molar-refractivity contribution is 7.89. The molecule has 1 heterocycles. The van der Waals surface area contributed by atoms with E-state index in [9.17, 15) is 13.2 Å². The van der Waals surface area contributed by atoms with Crippen molar-refractivity contribution in [3.8, 4) is 11.5 Å². The van der Waals surface area contributed by atoms with E-state index in [4.69, 9.17) is 9.47 Å². The van der Waals surface area contributed by atoms with Crippen molar-refractivity contribution in [2.45, 2.75) is 18.7 Å². The van der Waals surface area contributed by atoms with Gasteiger partial charge in [-0.1, -0.05) is 18.2 Å².